The van der Waals surface area contributed by atoms with Crippen molar-refractivity contribution in [2.45, 2.75) is 17.2 Å². The maximum Gasteiger partial charge on any atom is 0.288 e. The van der Waals surface area contributed by atoms with E-state index in [1.54, 1.807) is 17.8 Å². The van der Waals surface area contributed by atoms with Gasteiger partial charge in [-0.25, -0.2) is 12.8 Å². The fourth-order valence-corrected chi connectivity index (χ4v) is 3.77. The molecule has 0 aromatic heterocycles. The molecule has 0 atom stereocenters. The number of thioether (sulfide) groups is 1. The van der Waals surface area contributed by atoms with Crippen LogP contribution >= 0.6 is 11.8 Å². The molecule has 1 N–H and O–H groups in total. The van der Waals surface area contributed by atoms with Gasteiger partial charge in [-0.05, 0) is 41.6 Å². The third-order valence-corrected chi connectivity index (χ3v) is 5.23. The van der Waals surface area contributed by atoms with Crippen molar-refractivity contribution in [2.75, 3.05) is 17.8 Å². The molecule has 2 aromatic rings. The largest absolute Gasteiger partial charge is 0.381 e. The normalized spacial score (nSPS) is 11.3. The van der Waals surface area contributed by atoms with E-state index in [1.165, 1.54) is 24.3 Å². The zero-order valence-corrected chi connectivity index (χ0v) is 15.3. The number of hydrogen-bond acceptors (Lipinski definition) is 6. The van der Waals surface area contributed by atoms with Gasteiger partial charge < -0.3 is 5.32 Å². The summed E-state index contributed by atoms with van der Waals surface area (Å²) in [5.41, 5.74) is 1.68. The molecule has 0 saturated heterocycles. The number of nitrogens with zero attached hydrogens (tertiary/aromatic N) is 1. The second kappa shape index (κ2) is 7.83. The smallest absolute Gasteiger partial charge is 0.288 e. The molecule has 0 unspecified atom stereocenters. The highest BCUT2D eigenvalue weighted by atomic mass is 32.2. The third-order valence-electron chi connectivity index (χ3n) is 3.51. The predicted octanol–water partition coefficient (Wildman–Crippen LogP) is 3.61. The Morgan fingerprint density at radius 3 is 2.52 bits per heavy atom. The lowest BCUT2D eigenvalue weighted by molar-refractivity contribution is -0.387. The first-order chi connectivity index (χ1) is 11.7. The highest BCUT2D eigenvalue weighted by molar-refractivity contribution is 7.97. The SMILES string of the molecule is CSCc1cc(F)ccc1CNc1ccc([N+](=O)[O-])c(S(C)(=O)=O)c1. The summed E-state index contributed by atoms with van der Waals surface area (Å²) in [6, 6.07) is 8.34. The maximum absolute atomic E-state index is 13.4. The zero-order chi connectivity index (χ0) is 18.6. The number of nitro groups is 1. The monoisotopic (exact) mass is 384 g/mol. The Kier molecular flexibility index (Phi) is 6.02. The lowest BCUT2D eigenvalue weighted by Gasteiger charge is -2.12. The molecule has 9 heteroatoms. The summed E-state index contributed by atoms with van der Waals surface area (Å²) < 4.78 is 36.9. The average molecular weight is 384 g/mol. The Balaban J connectivity index is 2.29. The number of benzene rings is 2. The van der Waals surface area contributed by atoms with Crippen molar-refractivity contribution in [1.29, 1.82) is 0 Å². The molecule has 6 nitrogen and oxygen atoms in total. The fraction of sp³-hybridized carbons (Fsp3) is 0.250. The molecule has 0 aliphatic rings. The molecule has 2 rings (SSSR count). The topological polar surface area (TPSA) is 89.3 Å². The van der Waals surface area contributed by atoms with Gasteiger partial charge in [0, 0.05) is 30.3 Å². The summed E-state index contributed by atoms with van der Waals surface area (Å²) in [6.07, 6.45) is 2.84. The standard InChI is InChI=1S/C16H17FN2O4S2/c1-24-10-12-7-13(17)4-3-11(12)9-18-14-5-6-15(19(20)21)16(8-14)25(2,22)23/h3-8,18H,9-10H2,1-2H3. The molecule has 0 aliphatic carbocycles. The Morgan fingerprint density at radius 2 is 1.92 bits per heavy atom. The molecule has 0 spiro atoms. The van der Waals surface area contributed by atoms with E-state index >= 15 is 0 Å². The van der Waals surface area contributed by atoms with Crippen molar-refractivity contribution in [2.24, 2.45) is 0 Å². The summed E-state index contributed by atoms with van der Waals surface area (Å²) >= 11 is 1.56. The molecule has 0 heterocycles. The quantitative estimate of drug-likeness (QED) is 0.579. The van der Waals surface area contributed by atoms with E-state index in [2.05, 4.69) is 5.32 Å². The Hall–Kier alpha value is -2.13. The summed E-state index contributed by atoms with van der Waals surface area (Å²) in [5.74, 6) is 0.325. The molecular weight excluding hydrogens is 367 g/mol. The summed E-state index contributed by atoms with van der Waals surface area (Å²) in [5, 5.41) is 14.0. The minimum absolute atomic E-state index is 0.317. The predicted molar refractivity (Wildman–Crippen MR) is 97.2 cm³/mol. The van der Waals surface area contributed by atoms with E-state index in [-0.39, 0.29) is 10.7 Å². The molecule has 25 heavy (non-hydrogen) atoms. The Bertz CT molecular complexity index is 901. The van der Waals surface area contributed by atoms with E-state index < -0.39 is 20.4 Å². The first kappa shape index (κ1) is 19.2. The molecule has 0 aliphatic heterocycles. The Labute approximate surface area is 149 Å². The van der Waals surface area contributed by atoms with Crippen LogP contribution in [0.3, 0.4) is 0 Å². The minimum Gasteiger partial charge on any atom is -0.381 e. The molecule has 0 radical (unpaired) electrons. The van der Waals surface area contributed by atoms with Crippen molar-refractivity contribution < 1.29 is 17.7 Å². The number of nitro benzene ring substituents is 1. The molecule has 0 amide bonds. The van der Waals surface area contributed by atoms with Crippen molar-refractivity contribution in [3.63, 3.8) is 0 Å². The van der Waals surface area contributed by atoms with Crippen LogP contribution in [0, 0.1) is 15.9 Å². The van der Waals surface area contributed by atoms with Crippen LogP contribution in [0.5, 0.6) is 0 Å². The van der Waals surface area contributed by atoms with Gasteiger partial charge in [0.2, 0.25) is 0 Å². The number of sulfone groups is 1. The first-order valence-electron chi connectivity index (χ1n) is 7.21. The van der Waals surface area contributed by atoms with Crippen LogP contribution in [0.25, 0.3) is 0 Å². The van der Waals surface area contributed by atoms with E-state index in [0.717, 1.165) is 23.4 Å². The van der Waals surface area contributed by atoms with Crippen LogP contribution in [0.1, 0.15) is 11.1 Å². The second-order valence-electron chi connectivity index (χ2n) is 5.41. The third kappa shape index (κ3) is 4.93. The van der Waals surface area contributed by atoms with Gasteiger partial charge in [0.25, 0.3) is 5.69 Å². The summed E-state index contributed by atoms with van der Waals surface area (Å²) in [4.78, 5) is 9.92. The van der Waals surface area contributed by atoms with E-state index in [1.807, 2.05) is 6.26 Å². The lowest BCUT2D eigenvalue weighted by atomic mass is 10.1. The van der Waals surface area contributed by atoms with E-state index in [0.29, 0.717) is 18.0 Å². The van der Waals surface area contributed by atoms with Gasteiger partial charge >= 0.3 is 0 Å². The minimum atomic E-state index is -3.74. The van der Waals surface area contributed by atoms with Crippen LogP contribution in [0.2, 0.25) is 0 Å². The van der Waals surface area contributed by atoms with Crippen LogP contribution in [0.4, 0.5) is 15.8 Å². The van der Waals surface area contributed by atoms with Gasteiger partial charge in [0.05, 0.1) is 4.92 Å². The summed E-state index contributed by atoms with van der Waals surface area (Å²) in [6.45, 7) is 0.344. The number of halogens is 1. The van der Waals surface area contributed by atoms with Crippen molar-refractivity contribution in [3.05, 3.63) is 63.5 Å². The van der Waals surface area contributed by atoms with Crippen LogP contribution < -0.4 is 5.32 Å². The number of anilines is 1. The molecule has 2 aromatic carbocycles. The van der Waals surface area contributed by atoms with Gasteiger partial charge in [-0.2, -0.15) is 11.8 Å². The van der Waals surface area contributed by atoms with E-state index in [4.69, 9.17) is 0 Å². The van der Waals surface area contributed by atoms with Crippen LogP contribution in [-0.2, 0) is 22.1 Å². The molecule has 0 bridgehead atoms. The van der Waals surface area contributed by atoms with Gasteiger partial charge in [0.15, 0.2) is 9.84 Å². The molecule has 0 saturated carbocycles. The number of rotatable bonds is 7. The number of nitrogens with one attached hydrogen (secondary N) is 1. The zero-order valence-electron chi connectivity index (χ0n) is 13.7. The lowest BCUT2D eigenvalue weighted by Crippen LogP contribution is -2.06. The van der Waals surface area contributed by atoms with Crippen molar-refractivity contribution >= 4 is 33.0 Å². The average Bonchev–Trinajstić information content (AvgIpc) is 2.53. The van der Waals surface area contributed by atoms with Gasteiger partial charge in [0.1, 0.15) is 10.7 Å². The van der Waals surface area contributed by atoms with Gasteiger partial charge in [-0.15, -0.1) is 0 Å². The molecule has 134 valence electrons. The van der Waals surface area contributed by atoms with Crippen molar-refractivity contribution in [1.82, 2.24) is 0 Å². The first-order valence-corrected chi connectivity index (χ1v) is 10.5. The Morgan fingerprint density at radius 1 is 1.20 bits per heavy atom. The summed E-state index contributed by atoms with van der Waals surface area (Å²) in [7, 11) is -3.74. The van der Waals surface area contributed by atoms with E-state index in [9.17, 15) is 22.9 Å². The molecular formula is C16H17FN2O4S2. The highest BCUT2D eigenvalue weighted by Gasteiger charge is 2.22. The van der Waals surface area contributed by atoms with Gasteiger partial charge in [-0.1, -0.05) is 6.07 Å². The van der Waals surface area contributed by atoms with Crippen molar-refractivity contribution in [3.8, 4) is 0 Å². The second-order valence-corrected chi connectivity index (χ2v) is 8.26. The maximum atomic E-state index is 13.4. The fourth-order valence-electron chi connectivity index (χ4n) is 2.33. The molecule has 0 fully saturated rings. The highest BCUT2D eigenvalue weighted by Crippen LogP contribution is 2.27. The number of hydrogen-bond donors (Lipinski definition) is 1. The van der Waals surface area contributed by atoms with Gasteiger partial charge in [-0.3, -0.25) is 10.1 Å². The van der Waals surface area contributed by atoms with Crippen LogP contribution in [0.15, 0.2) is 41.3 Å². The van der Waals surface area contributed by atoms with Crippen LogP contribution in [-0.4, -0.2) is 25.9 Å².